The first-order valence-corrected chi connectivity index (χ1v) is 15.4. The smallest absolute Gasteiger partial charge is 0.229 e. The Balaban J connectivity index is 1.25. The van der Waals surface area contributed by atoms with Crippen LogP contribution in [0.25, 0.3) is 0 Å². The van der Waals surface area contributed by atoms with E-state index in [0.29, 0.717) is 28.4 Å². The predicted molar refractivity (Wildman–Crippen MR) is 163 cm³/mol. The van der Waals surface area contributed by atoms with Gasteiger partial charge in [-0.05, 0) is 94.2 Å². The van der Waals surface area contributed by atoms with Crippen LogP contribution in [0.4, 0.5) is 23.1 Å². The van der Waals surface area contributed by atoms with Crippen LogP contribution in [0.2, 0.25) is 5.02 Å². The Kier molecular flexibility index (Phi) is 10.1. The van der Waals surface area contributed by atoms with Gasteiger partial charge in [-0.2, -0.15) is 4.98 Å². The molecule has 3 heterocycles. The third kappa shape index (κ3) is 7.73. The van der Waals surface area contributed by atoms with Gasteiger partial charge in [-0.15, -0.1) is 0 Å². The average Bonchev–Trinajstić information content (AvgIpc) is 2.99. The summed E-state index contributed by atoms with van der Waals surface area (Å²) in [7, 11) is 3.88. The Morgan fingerprint density at radius 3 is 2.54 bits per heavy atom. The van der Waals surface area contributed by atoms with Gasteiger partial charge in [0.25, 0.3) is 0 Å². The highest BCUT2D eigenvalue weighted by atomic mass is 35.5. The average molecular weight is 599 g/mol. The number of anilines is 4. The molecule has 3 N–H and O–H groups in total. The quantitative estimate of drug-likeness (QED) is 0.283. The fraction of sp³-hybridized carbons (Fsp3) is 0.448. The molecule has 0 radical (unpaired) electrons. The van der Waals surface area contributed by atoms with Crippen molar-refractivity contribution in [2.45, 2.75) is 44.2 Å². The summed E-state index contributed by atoms with van der Waals surface area (Å²) in [6.45, 7) is 4.81. The fourth-order valence-electron chi connectivity index (χ4n) is 5.72. The second-order valence-electron chi connectivity index (χ2n) is 10.7. The Morgan fingerprint density at radius 1 is 1.05 bits per heavy atom. The lowest BCUT2D eigenvalue weighted by Crippen LogP contribution is -2.46. The Bertz CT molecular complexity index is 1350. The van der Waals surface area contributed by atoms with Crippen LogP contribution in [0.15, 0.2) is 48.7 Å². The monoisotopic (exact) mass is 598 g/mol. The molecule has 0 spiro atoms. The molecule has 41 heavy (non-hydrogen) atoms. The molecule has 2 fully saturated rings. The number of hydrogen-bond acceptors (Lipinski definition) is 9. The van der Waals surface area contributed by atoms with Gasteiger partial charge in [0, 0.05) is 29.5 Å². The summed E-state index contributed by atoms with van der Waals surface area (Å²) in [6, 6.07) is 14.4. The number of nitrogens with zero attached hydrogens (tertiary/aromatic N) is 4. The molecule has 1 aromatic heterocycles. The molecule has 0 saturated carbocycles. The van der Waals surface area contributed by atoms with E-state index in [-0.39, 0.29) is 6.54 Å². The van der Waals surface area contributed by atoms with E-state index >= 15 is 0 Å². The zero-order valence-electron chi connectivity index (χ0n) is 23.4. The van der Waals surface area contributed by atoms with Gasteiger partial charge in [-0.25, -0.2) is 9.71 Å². The molecule has 220 valence electrons. The molecule has 2 saturated heterocycles. The minimum Gasteiger partial charge on any atom is -0.760 e. The zero-order chi connectivity index (χ0) is 28.8. The first-order valence-electron chi connectivity index (χ1n) is 14.0. The second-order valence-corrected chi connectivity index (χ2v) is 11.8. The topological polar surface area (TPSA) is 118 Å². The highest BCUT2D eigenvalue weighted by Crippen LogP contribution is 2.36. The maximum Gasteiger partial charge on any atom is 0.229 e. The number of benzene rings is 2. The van der Waals surface area contributed by atoms with Crippen molar-refractivity contribution in [1.29, 1.82) is 0 Å². The van der Waals surface area contributed by atoms with E-state index in [1.807, 2.05) is 30.3 Å². The van der Waals surface area contributed by atoms with Crippen molar-refractivity contribution in [2.24, 2.45) is 0 Å². The fourth-order valence-corrected chi connectivity index (χ4v) is 6.13. The molecule has 2 aliphatic heterocycles. The van der Waals surface area contributed by atoms with Crippen molar-refractivity contribution in [3.05, 3.63) is 64.8 Å². The lowest BCUT2D eigenvalue weighted by molar-refractivity contribution is 0.0966. The number of hydrogen-bond donors (Lipinski definition) is 3. The van der Waals surface area contributed by atoms with Crippen LogP contribution in [0.3, 0.4) is 0 Å². The number of methoxy groups -OCH3 is 1. The van der Waals surface area contributed by atoms with Crippen molar-refractivity contribution in [3.8, 4) is 5.75 Å². The van der Waals surface area contributed by atoms with E-state index in [9.17, 15) is 8.76 Å². The van der Waals surface area contributed by atoms with E-state index in [1.165, 1.54) is 37.7 Å². The number of rotatable bonds is 10. The number of nitrogens with one attached hydrogen (secondary N) is 3. The third-order valence-electron chi connectivity index (χ3n) is 8.07. The molecule has 3 aromatic rings. The first kappa shape index (κ1) is 29.7. The van der Waals surface area contributed by atoms with E-state index < -0.39 is 11.3 Å². The zero-order valence-corrected chi connectivity index (χ0v) is 25.0. The van der Waals surface area contributed by atoms with E-state index in [2.05, 4.69) is 54.3 Å². The Hall–Kier alpha value is -2.80. The minimum atomic E-state index is -2.37. The summed E-state index contributed by atoms with van der Waals surface area (Å²) in [4.78, 5) is 14.0. The molecule has 2 aliphatic rings. The third-order valence-corrected chi connectivity index (χ3v) is 8.73. The SMILES string of the molecule is COc1cc(C2CCN(C3CCN(C)CC3)CC2)ccc1Nc1ncc(Cl)c(Nc2ccccc2CNS(=O)[O-])n1. The van der Waals surface area contributed by atoms with E-state index in [0.717, 1.165) is 49.0 Å². The van der Waals surface area contributed by atoms with Crippen molar-refractivity contribution in [3.63, 3.8) is 0 Å². The summed E-state index contributed by atoms with van der Waals surface area (Å²) in [6.07, 6.45) is 6.36. The standard InChI is InChI=1S/C29H38ClN7O3S/c1-36-13-11-23(12-14-36)37-15-9-20(10-16-37)21-7-8-26(27(17-21)40-2)34-29-31-19-24(30)28(35-29)33-25-6-4-3-5-22(25)18-32-41(38)39/h3-8,17,19-20,23,32H,9-16,18H2,1-2H3,(H,38,39)(H2,31,33,34,35)/p-1. The van der Waals surface area contributed by atoms with Gasteiger partial charge in [0.1, 0.15) is 10.8 Å². The minimum absolute atomic E-state index is 0.133. The van der Waals surface area contributed by atoms with Gasteiger partial charge in [0.15, 0.2) is 5.82 Å². The van der Waals surface area contributed by atoms with Crippen molar-refractivity contribution in [2.75, 3.05) is 51.0 Å². The molecule has 12 heteroatoms. The maximum absolute atomic E-state index is 11.0. The molecular formula is C29H37ClN7O3S-. The number of aromatic nitrogens is 2. The molecule has 1 atom stereocenters. The maximum atomic E-state index is 11.0. The van der Waals surface area contributed by atoms with Gasteiger partial charge < -0.3 is 29.7 Å². The lowest BCUT2D eigenvalue weighted by Gasteiger charge is -2.41. The van der Waals surface area contributed by atoms with Gasteiger partial charge in [0.05, 0.1) is 19.0 Å². The number of halogens is 1. The number of ether oxygens (including phenoxy) is 1. The van der Waals surface area contributed by atoms with Gasteiger partial charge in [-0.1, -0.05) is 35.9 Å². The van der Waals surface area contributed by atoms with Crippen molar-refractivity contribution < 1.29 is 13.5 Å². The highest BCUT2D eigenvalue weighted by molar-refractivity contribution is 7.77. The molecule has 0 amide bonds. The van der Waals surface area contributed by atoms with Gasteiger partial charge in [-0.3, -0.25) is 4.21 Å². The van der Waals surface area contributed by atoms with E-state index in [1.54, 1.807) is 7.11 Å². The van der Waals surface area contributed by atoms with Crippen LogP contribution >= 0.6 is 11.6 Å². The molecule has 10 nitrogen and oxygen atoms in total. The summed E-state index contributed by atoms with van der Waals surface area (Å²) in [5.41, 5.74) is 3.48. The number of likely N-dealkylation sites (tertiary alicyclic amines) is 2. The number of piperidine rings is 2. The summed E-state index contributed by atoms with van der Waals surface area (Å²) >= 11 is 4.03. The van der Waals surface area contributed by atoms with E-state index in [4.69, 9.17) is 16.3 Å². The van der Waals surface area contributed by atoms with Crippen LogP contribution in [0.1, 0.15) is 42.7 Å². The van der Waals surface area contributed by atoms with Crippen LogP contribution in [-0.2, 0) is 17.8 Å². The summed E-state index contributed by atoms with van der Waals surface area (Å²) in [5, 5.41) is 6.80. The molecule has 0 bridgehead atoms. The summed E-state index contributed by atoms with van der Waals surface area (Å²) < 4.78 is 30.1. The normalized spacial score (nSPS) is 18.2. The first-order chi connectivity index (χ1) is 19.9. The van der Waals surface area contributed by atoms with Crippen LogP contribution < -0.4 is 20.1 Å². The van der Waals surface area contributed by atoms with Gasteiger partial charge >= 0.3 is 0 Å². The molecule has 1 unspecified atom stereocenters. The molecule has 5 rings (SSSR count). The highest BCUT2D eigenvalue weighted by Gasteiger charge is 2.28. The Morgan fingerprint density at radius 2 is 1.80 bits per heavy atom. The van der Waals surface area contributed by atoms with Crippen molar-refractivity contribution >= 4 is 46.0 Å². The number of para-hydroxylation sites is 1. The van der Waals surface area contributed by atoms with Gasteiger partial charge in [0.2, 0.25) is 5.95 Å². The summed E-state index contributed by atoms with van der Waals surface area (Å²) in [5.74, 6) is 1.99. The van der Waals surface area contributed by atoms with Crippen LogP contribution in [-0.4, -0.2) is 74.9 Å². The van der Waals surface area contributed by atoms with Crippen LogP contribution in [0, 0.1) is 0 Å². The molecular weight excluding hydrogens is 562 g/mol. The second kappa shape index (κ2) is 13.9. The van der Waals surface area contributed by atoms with Crippen LogP contribution in [0.5, 0.6) is 5.75 Å². The largest absolute Gasteiger partial charge is 0.760 e. The lowest BCUT2D eigenvalue weighted by atomic mass is 9.87. The predicted octanol–water partition coefficient (Wildman–Crippen LogP) is 4.78. The Labute approximate surface area is 249 Å². The van der Waals surface area contributed by atoms with Crippen molar-refractivity contribution in [1.82, 2.24) is 24.5 Å². The molecule has 0 aliphatic carbocycles. The molecule has 2 aromatic carbocycles.